The third-order valence-electron chi connectivity index (χ3n) is 17.3. The number of hydrogen-bond donors (Lipinski definition) is 3. The van der Waals surface area contributed by atoms with Crippen molar-refractivity contribution in [3.8, 4) is 0 Å². The summed E-state index contributed by atoms with van der Waals surface area (Å²) in [5.74, 6) is -0.00841. The summed E-state index contributed by atoms with van der Waals surface area (Å²) >= 11 is 0. The molecular weight excluding hydrogens is 983 g/mol. The summed E-state index contributed by atoms with van der Waals surface area (Å²) < 4.78 is 5.49. The number of allylic oxidation sites excluding steroid dienone is 4. The highest BCUT2D eigenvalue weighted by molar-refractivity contribution is 5.76. The van der Waals surface area contributed by atoms with Crippen LogP contribution in [0.5, 0.6) is 0 Å². The van der Waals surface area contributed by atoms with Crippen LogP contribution in [0.4, 0.5) is 0 Å². The van der Waals surface area contributed by atoms with Gasteiger partial charge in [0.15, 0.2) is 0 Å². The molecule has 1 amide bonds. The molecule has 0 bridgehead atoms. The van der Waals surface area contributed by atoms with Gasteiger partial charge in [0.25, 0.3) is 0 Å². The molecule has 0 fully saturated rings. The van der Waals surface area contributed by atoms with Crippen molar-refractivity contribution in [2.45, 2.75) is 424 Å². The van der Waals surface area contributed by atoms with Crippen molar-refractivity contribution in [3.63, 3.8) is 0 Å². The molecule has 6 heteroatoms. The van der Waals surface area contributed by atoms with Crippen molar-refractivity contribution >= 4 is 11.9 Å². The summed E-state index contributed by atoms with van der Waals surface area (Å²) in [6.45, 7) is 4.98. The molecule has 0 aliphatic rings. The van der Waals surface area contributed by atoms with Gasteiger partial charge in [0.05, 0.1) is 25.4 Å². The van der Waals surface area contributed by atoms with E-state index in [4.69, 9.17) is 4.74 Å². The van der Waals surface area contributed by atoms with Gasteiger partial charge in [-0.1, -0.05) is 366 Å². The van der Waals surface area contributed by atoms with E-state index in [0.717, 1.165) is 44.9 Å². The van der Waals surface area contributed by atoms with Gasteiger partial charge in [0, 0.05) is 12.8 Å². The van der Waals surface area contributed by atoms with Crippen LogP contribution in [0.15, 0.2) is 24.3 Å². The number of aliphatic hydroxyl groups excluding tert-OH is 2. The highest BCUT2D eigenvalue weighted by atomic mass is 16.5. The number of unbranched alkanes of at least 4 members (excludes halogenated alkanes) is 54. The highest BCUT2D eigenvalue weighted by Gasteiger charge is 2.20. The van der Waals surface area contributed by atoms with Crippen LogP contribution in [0.25, 0.3) is 0 Å². The predicted molar refractivity (Wildman–Crippen MR) is 352 cm³/mol. The molecule has 3 N–H and O–H groups in total. The fraction of sp³-hybridized carbons (Fsp3) is 0.919. The lowest BCUT2D eigenvalue weighted by Crippen LogP contribution is -2.45. The largest absolute Gasteiger partial charge is 0.466 e. The molecule has 2 unspecified atom stereocenters. The number of carbonyl (C=O) groups excluding carboxylic acids is 2. The van der Waals surface area contributed by atoms with E-state index in [1.54, 1.807) is 0 Å². The van der Waals surface area contributed by atoms with Gasteiger partial charge in [-0.3, -0.25) is 9.59 Å². The Hall–Kier alpha value is -1.66. The minimum absolute atomic E-state index is 0.0224. The van der Waals surface area contributed by atoms with Crippen LogP contribution in [0, 0.1) is 0 Å². The van der Waals surface area contributed by atoms with Crippen molar-refractivity contribution in [1.29, 1.82) is 0 Å². The first-order chi connectivity index (χ1) is 39.5. The molecule has 474 valence electrons. The molecule has 0 radical (unpaired) electrons. The van der Waals surface area contributed by atoms with Crippen molar-refractivity contribution in [2.75, 3.05) is 13.2 Å². The molecule has 0 spiro atoms. The van der Waals surface area contributed by atoms with Gasteiger partial charge >= 0.3 is 5.97 Å². The van der Waals surface area contributed by atoms with Gasteiger partial charge in [-0.2, -0.15) is 0 Å². The maximum absolute atomic E-state index is 12.5. The van der Waals surface area contributed by atoms with E-state index >= 15 is 0 Å². The van der Waals surface area contributed by atoms with Crippen LogP contribution in [0.3, 0.4) is 0 Å². The Bertz CT molecular complexity index is 1250. The Morgan fingerprint density at radius 3 is 0.950 bits per heavy atom. The number of nitrogens with one attached hydrogen (secondary N) is 1. The van der Waals surface area contributed by atoms with E-state index in [-0.39, 0.29) is 18.5 Å². The maximum atomic E-state index is 12.5. The van der Waals surface area contributed by atoms with Crippen LogP contribution in [0.1, 0.15) is 412 Å². The first kappa shape index (κ1) is 78.3. The number of carbonyl (C=O) groups is 2. The molecular formula is C74H143NO5. The van der Waals surface area contributed by atoms with Gasteiger partial charge in [-0.25, -0.2) is 0 Å². The summed E-state index contributed by atoms with van der Waals surface area (Å²) in [6.07, 6.45) is 88.3. The lowest BCUT2D eigenvalue weighted by Gasteiger charge is -2.22. The van der Waals surface area contributed by atoms with Crippen molar-refractivity contribution in [1.82, 2.24) is 5.32 Å². The van der Waals surface area contributed by atoms with Crippen molar-refractivity contribution in [3.05, 3.63) is 24.3 Å². The second-order valence-corrected chi connectivity index (χ2v) is 25.3. The van der Waals surface area contributed by atoms with Gasteiger partial charge in [0.1, 0.15) is 0 Å². The van der Waals surface area contributed by atoms with Crippen LogP contribution >= 0.6 is 0 Å². The third kappa shape index (κ3) is 65.5. The normalized spacial score (nSPS) is 12.6. The van der Waals surface area contributed by atoms with Gasteiger partial charge in [0.2, 0.25) is 5.91 Å². The van der Waals surface area contributed by atoms with Crippen LogP contribution < -0.4 is 5.32 Å². The molecule has 6 nitrogen and oxygen atoms in total. The average molecular weight is 1130 g/mol. The molecule has 0 saturated carbocycles. The number of aliphatic hydroxyl groups is 2. The number of amides is 1. The Labute approximate surface area is 501 Å². The molecule has 2 atom stereocenters. The fourth-order valence-corrected chi connectivity index (χ4v) is 11.7. The molecule has 0 rings (SSSR count). The molecule has 0 saturated heterocycles. The zero-order chi connectivity index (χ0) is 57.8. The number of ether oxygens (including phenoxy) is 1. The minimum Gasteiger partial charge on any atom is -0.466 e. The SMILES string of the molecule is CCCCCCCCCCCCCCCC(=O)OCCCCCCCCCCCCCCCCC/C=C\C/C=C\CCCCCCCCCCCCCCCCCCCC(=O)NC(CO)C(O)CCCCCCCCCCCCC. The van der Waals surface area contributed by atoms with Crippen molar-refractivity contribution in [2.24, 2.45) is 0 Å². The minimum atomic E-state index is -0.660. The molecule has 0 heterocycles. The average Bonchev–Trinajstić information content (AvgIpc) is 3.46. The van der Waals surface area contributed by atoms with E-state index in [9.17, 15) is 19.8 Å². The zero-order valence-electron chi connectivity index (χ0n) is 54.3. The van der Waals surface area contributed by atoms with Crippen molar-refractivity contribution < 1.29 is 24.5 Å². The monoisotopic (exact) mass is 1130 g/mol. The molecule has 80 heavy (non-hydrogen) atoms. The van der Waals surface area contributed by atoms with E-state index in [1.165, 1.54) is 334 Å². The van der Waals surface area contributed by atoms with Crippen LogP contribution in [-0.2, 0) is 14.3 Å². The molecule has 0 aromatic rings. The molecule has 0 aliphatic carbocycles. The summed E-state index contributed by atoms with van der Waals surface area (Å²) in [5, 5.41) is 23.2. The second kappa shape index (κ2) is 69.8. The number of rotatable bonds is 69. The highest BCUT2D eigenvalue weighted by Crippen LogP contribution is 2.19. The van der Waals surface area contributed by atoms with E-state index in [1.807, 2.05) is 0 Å². The number of esters is 1. The Morgan fingerprint density at radius 2 is 0.625 bits per heavy atom. The standard InChI is InChI=1S/C74H143NO5/c1-3-5-7-9-11-13-15-43-48-52-56-60-64-68-74(79)80-69-65-61-57-53-49-45-42-40-38-36-34-32-30-28-26-24-22-20-18-16-17-19-21-23-25-27-29-31-33-35-37-39-41-44-47-51-55-59-63-67-73(78)75-71(70-76)72(77)66-62-58-54-50-46-14-12-10-8-6-4-2/h16-17,20,22,71-72,76-77H,3-15,18-19,21,23-70H2,1-2H3,(H,75,78)/b17-16-,22-20-. The Kier molecular flexibility index (Phi) is 68.4. The smallest absolute Gasteiger partial charge is 0.305 e. The van der Waals surface area contributed by atoms with Gasteiger partial charge < -0.3 is 20.3 Å². The lowest BCUT2D eigenvalue weighted by atomic mass is 10.0. The van der Waals surface area contributed by atoms with E-state index in [2.05, 4.69) is 43.5 Å². The van der Waals surface area contributed by atoms with E-state index in [0.29, 0.717) is 25.9 Å². The molecule has 0 aromatic carbocycles. The quantitative estimate of drug-likeness (QED) is 0.0320. The first-order valence-electron chi connectivity index (χ1n) is 36.6. The summed E-state index contributed by atoms with van der Waals surface area (Å²) in [4.78, 5) is 24.5. The fourth-order valence-electron chi connectivity index (χ4n) is 11.7. The summed E-state index contributed by atoms with van der Waals surface area (Å²) in [6, 6.07) is -0.537. The maximum Gasteiger partial charge on any atom is 0.305 e. The topological polar surface area (TPSA) is 95.9 Å². The van der Waals surface area contributed by atoms with E-state index < -0.39 is 12.1 Å². The zero-order valence-corrected chi connectivity index (χ0v) is 54.3. The Morgan fingerprint density at radius 1 is 0.350 bits per heavy atom. The second-order valence-electron chi connectivity index (χ2n) is 25.3. The summed E-state index contributed by atoms with van der Waals surface area (Å²) in [7, 11) is 0. The summed E-state index contributed by atoms with van der Waals surface area (Å²) in [5.41, 5.74) is 0. The third-order valence-corrected chi connectivity index (χ3v) is 17.3. The van der Waals surface area contributed by atoms with Gasteiger partial charge in [-0.15, -0.1) is 0 Å². The lowest BCUT2D eigenvalue weighted by molar-refractivity contribution is -0.143. The van der Waals surface area contributed by atoms with Crippen LogP contribution in [0.2, 0.25) is 0 Å². The number of hydrogen-bond acceptors (Lipinski definition) is 5. The predicted octanol–water partition coefficient (Wildman–Crippen LogP) is 23.7. The van der Waals surface area contributed by atoms with Crippen LogP contribution in [-0.4, -0.2) is 47.4 Å². The van der Waals surface area contributed by atoms with Gasteiger partial charge in [-0.05, 0) is 57.8 Å². The first-order valence-corrected chi connectivity index (χ1v) is 36.6. The molecule has 0 aromatic heterocycles. The molecule has 0 aliphatic heterocycles. The Balaban J connectivity index is 3.32.